The number of benzene rings is 1. The molecule has 1 amide bonds. The maximum absolute atomic E-state index is 13.2. The van der Waals surface area contributed by atoms with Gasteiger partial charge in [0.15, 0.2) is 17.5 Å². The van der Waals surface area contributed by atoms with Crippen molar-refractivity contribution >= 4 is 11.6 Å². The van der Waals surface area contributed by atoms with Crippen LogP contribution in [0.4, 0.5) is 14.5 Å². The first-order valence-electron chi connectivity index (χ1n) is 6.10. The van der Waals surface area contributed by atoms with Gasteiger partial charge < -0.3 is 9.42 Å². The van der Waals surface area contributed by atoms with E-state index in [-0.39, 0.29) is 18.2 Å². The van der Waals surface area contributed by atoms with Crippen LogP contribution in [0.5, 0.6) is 0 Å². The number of hydrogen-bond donors (Lipinski definition) is 0. The summed E-state index contributed by atoms with van der Waals surface area (Å²) in [7, 11) is 0. The molecule has 1 aromatic heterocycles. The number of nitrogens with zero attached hydrogens (tertiary/aromatic N) is 3. The molecule has 2 aromatic rings. The highest BCUT2D eigenvalue weighted by Gasteiger charge is 2.34. The molecule has 1 atom stereocenters. The van der Waals surface area contributed by atoms with Crippen molar-refractivity contribution in [3.05, 3.63) is 41.5 Å². The first-order chi connectivity index (χ1) is 9.54. The Bertz CT molecular complexity index is 671. The summed E-state index contributed by atoms with van der Waals surface area (Å²) in [6.07, 6.45) is 0.220. The van der Waals surface area contributed by atoms with Gasteiger partial charge >= 0.3 is 0 Å². The third-order valence-electron chi connectivity index (χ3n) is 3.25. The molecule has 0 aliphatic carbocycles. The van der Waals surface area contributed by atoms with Crippen molar-refractivity contribution in [1.29, 1.82) is 0 Å². The molecule has 1 fully saturated rings. The molecule has 104 valence electrons. The summed E-state index contributed by atoms with van der Waals surface area (Å²) in [6.45, 7) is 1.99. The summed E-state index contributed by atoms with van der Waals surface area (Å²) in [5.41, 5.74) is 0.330. The molecule has 0 spiro atoms. The Morgan fingerprint density at radius 1 is 1.35 bits per heavy atom. The van der Waals surface area contributed by atoms with E-state index in [0.717, 1.165) is 12.1 Å². The monoisotopic (exact) mass is 279 g/mol. The van der Waals surface area contributed by atoms with Gasteiger partial charge in [0.25, 0.3) is 0 Å². The van der Waals surface area contributed by atoms with Crippen LogP contribution in [-0.4, -0.2) is 22.6 Å². The molecular weight excluding hydrogens is 268 g/mol. The lowest BCUT2D eigenvalue weighted by atomic mass is 10.1. The van der Waals surface area contributed by atoms with Gasteiger partial charge in [-0.3, -0.25) is 4.79 Å². The number of carbonyl (C=O) groups is 1. The van der Waals surface area contributed by atoms with Gasteiger partial charge in [0.1, 0.15) is 0 Å². The molecule has 1 aromatic carbocycles. The quantitative estimate of drug-likeness (QED) is 0.845. The van der Waals surface area contributed by atoms with Gasteiger partial charge in [-0.2, -0.15) is 4.98 Å². The summed E-state index contributed by atoms with van der Waals surface area (Å²) in [6, 6.07) is 3.39. The van der Waals surface area contributed by atoms with E-state index in [9.17, 15) is 13.6 Å². The van der Waals surface area contributed by atoms with Crippen molar-refractivity contribution in [2.24, 2.45) is 0 Å². The SMILES string of the molecule is Cc1nc(C2CC(=O)N(c3ccc(F)c(F)c3)C2)no1. The number of anilines is 1. The Balaban J connectivity index is 1.85. The van der Waals surface area contributed by atoms with Crippen molar-refractivity contribution < 1.29 is 18.1 Å². The summed E-state index contributed by atoms with van der Waals surface area (Å²) in [5, 5.41) is 3.79. The van der Waals surface area contributed by atoms with E-state index in [4.69, 9.17) is 4.52 Å². The molecule has 1 unspecified atom stereocenters. The number of rotatable bonds is 2. The minimum absolute atomic E-state index is 0.177. The lowest BCUT2D eigenvalue weighted by Crippen LogP contribution is -2.24. The minimum atomic E-state index is -0.978. The molecule has 3 rings (SSSR count). The Morgan fingerprint density at radius 2 is 2.15 bits per heavy atom. The first-order valence-corrected chi connectivity index (χ1v) is 6.10. The fourth-order valence-electron chi connectivity index (χ4n) is 2.26. The highest BCUT2D eigenvalue weighted by atomic mass is 19.2. The van der Waals surface area contributed by atoms with E-state index in [1.807, 2.05) is 0 Å². The van der Waals surface area contributed by atoms with Gasteiger partial charge in [0, 0.05) is 37.6 Å². The predicted octanol–water partition coefficient (Wildman–Crippen LogP) is 2.18. The molecule has 1 saturated heterocycles. The predicted molar refractivity (Wildman–Crippen MR) is 65.1 cm³/mol. The van der Waals surface area contributed by atoms with Gasteiger partial charge in [0.2, 0.25) is 11.8 Å². The highest BCUT2D eigenvalue weighted by Crippen LogP contribution is 2.30. The standard InChI is InChI=1S/C13H11F2N3O2/c1-7-16-13(17-20-7)8-4-12(19)18(6-8)9-2-3-10(14)11(15)5-9/h2-3,5,8H,4,6H2,1H3. The molecule has 5 nitrogen and oxygen atoms in total. The second kappa shape index (κ2) is 4.66. The maximum atomic E-state index is 13.2. The number of aryl methyl sites for hydroxylation is 1. The molecule has 0 radical (unpaired) electrons. The minimum Gasteiger partial charge on any atom is -0.340 e. The van der Waals surface area contributed by atoms with E-state index < -0.39 is 11.6 Å². The Labute approximate surface area is 113 Å². The van der Waals surface area contributed by atoms with Gasteiger partial charge in [-0.15, -0.1) is 0 Å². The van der Waals surface area contributed by atoms with E-state index in [1.165, 1.54) is 11.0 Å². The topological polar surface area (TPSA) is 59.2 Å². The van der Waals surface area contributed by atoms with E-state index in [0.29, 0.717) is 23.9 Å². The van der Waals surface area contributed by atoms with Crippen LogP contribution in [0, 0.1) is 18.6 Å². The zero-order valence-corrected chi connectivity index (χ0v) is 10.6. The summed E-state index contributed by atoms with van der Waals surface area (Å²) in [4.78, 5) is 17.5. The van der Waals surface area contributed by atoms with Gasteiger partial charge in [-0.25, -0.2) is 8.78 Å². The summed E-state index contributed by atoms with van der Waals surface area (Å²) < 4.78 is 31.0. The summed E-state index contributed by atoms with van der Waals surface area (Å²) >= 11 is 0. The van der Waals surface area contributed by atoms with Crippen molar-refractivity contribution in [3.8, 4) is 0 Å². The average Bonchev–Trinajstić information content (AvgIpc) is 2.99. The van der Waals surface area contributed by atoms with Crippen LogP contribution < -0.4 is 4.90 Å². The molecular formula is C13H11F2N3O2. The maximum Gasteiger partial charge on any atom is 0.227 e. The fourth-order valence-corrected chi connectivity index (χ4v) is 2.26. The molecule has 2 heterocycles. The van der Waals surface area contributed by atoms with Crippen LogP contribution in [0.25, 0.3) is 0 Å². The lowest BCUT2D eigenvalue weighted by molar-refractivity contribution is -0.117. The fraction of sp³-hybridized carbons (Fsp3) is 0.308. The highest BCUT2D eigenvalue weighted by molar-refractivity contribution is 5.96. The van der Waals surface area contributed by atoms with E-state index in [1.54, 1.807) is 6.92 Å². The number of aromatic nitrogens is 2. The van der Waals surface area contributed by atoms with Crippen LogP contribution in [0.15, 0.2) is 22.7 Å². The molecule has 7 heteroatoms. The first kappa shape index (κ1) is 12.7. The van der Waals surface area contributed by atoms with Crippen molar-refractivity contribution in [2.75, 3.05) is 11.4 Å². The largest absolute Gasteiger partial charge is 0.340 e. The van der Waals surface area contributed by atoms with Crippen LogP contribution in [0.2, 0.25) is 0 Å². The van der Waals surface area contributed by atoms with Crippen molar-refractivity contribution in [3.63, 3.8) is 0 Å². The Hall–Kier alpha value is -2.31. The Morgan fingerprint density at radius 3 is 2.80 bits per heavy atom. The molecule has 0 N–H and O–H groups in total. The second-order valence-electron chi connectivity index (χ2n) is 4.68. The van der Waals surface area contributed by atoms with Gasteiger partial charge in [-0.1, -0.05) is 5.16 Å². The zero-order valence-electron chi connectivity index (χ0n) is 10.6. The number of amides is 1. The van der Waals surface area contributed by atoms with Gasteiger partial charge in [-0.05, 0) is 12.1 Å². The molecule has 1 aliphatic rings. The second-order valence-corrected chi connectivity index (χ2v) is 4.68. The molecule has 0 bridgehead atoms. The number of carbonyl (C=O) groups excluding carboxylic acids is 1. The molecule has 20 heavy (non-hydrogen) atoms. The normalized spacial score (nSPS) is 18.9. The zero-order chi connectivity index (χ0) is 14.3. The van der Waals surface area contributed by atoms with Gasteiger partial charge in [0.05, 0.1) is 0 Å². The smallest absolute Gasteiger partial charge is 0.227 e. The average molecular weight is 279 g/mol. The molecule has 0 saturated carbocycles. The molecule has 1 aliphatic heterocycles. The summed E-state index contributed by atoms with van der Waals surface area (Å²) in [5.74, 6) is -1.41. The van der Waals surface area contributed by atoms with Crippen molar-refractivity contribution in [2.45, 2.75) is 19.3 Å². The third-order valence-corrected chi connectivity index (χ3v) is 3.25. The van der Waals surface area contributed by atoms with Crippen LogP contribution in [0.3, 0.4) is 0 Å². The van der Waals surface area contributed by atoms with Crippen LogP contribution >= 0.6 is 0 Å². The third kappa shape index (κ3) is 2.15. The number of halogens is 2. The number of hydrogen-bond acceptors (Lipinski definition) is 4. The van der Waals surface area contributed by atoms with E-state index in [2.05, 4.69) is 10.1 Å². The van der Waals surface area contributed by atoms with E-state index >= 15 is 0 Å². The lowest BCUT2D eigenvalue weighted by Gasteiger charge is -2.16. The Kier molecular flexibility index (Phi) is 2.96. The van der Waals surface area contributed by atoms with Crippen LogP contribution in [0.1, 0.15) is 24.1 Å². The van der Waals surface area contributed by atoms with Crippen molar-refractivity contribution in [1.82, 2.24) is 10.1 Å². The van der Waals surface area contributed by atoms with Crippen LogP contribution in [-0.2, 0) is 4.79 Å².